The van der Waals surface area contributed by atoms with Gasteiger partial charge in [0.15, 0.2) is 0 Å². The van der Waals surface area contributed by atoms with Gasteiger partial charge in [0.2, 0.25) is 11.8 Å². The molecule has 6 nitrogen and oxygen atoms in total. The zero-order valence-corrected chi connectivity index (χ0v) is 11.7. The molecule has 3 N–H and O–H groups in total. The Bertz CT molecular complexity index is 289. The van der Waals surface area contributed by atoms with Gasteiger partial charge in [-0.25, -0.2) is 0 Å². The van der Waals surface area contributed by atoms with E-state index in [2.05, 4.69) is 5.32 Å². The molecule has 0 spiro atoms. The Labute approximate surface area is 114 Å². The number of nitrogens with one attached hydrogen (secondary N) is 1. The highest BCUT2D eigenvalue weighted by Gasteiger charge is 2.27. The predicted molar refractivity (Wildman–Crippen MR) is 70.5 cm³/mol. The summed E-state index contributed by atoms with van der Waals surface area (Å²) in [6.45, 7) is 5.07. The molecular weight excluding hydrogens is 258 g/mol. The van der Waals surface area contributed by atoms with E-state index in [0.717, 1.165) is 6.42 Å². The Hall–Kier alpha value is -0.850. The Morgan fingerprint density at radius 3 is 2.67 bits per heavy atom. The lowest BCUT2D eigenvalue weighted by atomic mass is 10.2. The molecule has 2 amide bonds. The maximum atomic E-state index is 11.8. The van der Waals surface area contributed by atoms with E-state index in [1.54, 1.807) is 4.90 Å². The Balaban J connectivity index is 0.00000289. The van der Waals surface area contributed by atoms with Crippen LogP contribution in [0.4, 0.5) is 0 Å². The zero-order chi connectivity index (χ0) is 12.8. The molecule has 106 valence electrons. The van der Waals surface area contributed by atoms with Gasteiger partial charge in [0.05, 0.1) is 25.3 Å². The summed E-state index contributed by atoms with van der Waals surface area (Å²) < 4.78 is 5.66. The molecule has 0 aromatic rings. The van der Waals surface area contributed by atoms with Gasteiger partial charge >= 0.3 is 0 Å². The lowest BCUT2D eigenvalue weighted by molar-refractivity contribution is -0.144. The van der Waals surface area contributed by atoms with Crippen LogP contribution in [0.3, 0.4) is 0 Å². The average molecular weight is 280 g/mol. The molecule has 1 aliphatic heterocycles. The summed E-state index contributed by atoms with van der Waals surface area (Å²) in [7, 11) is 0. The minimum Gasteiger partial charge on any atom is -0.372 e. The third-order valence-corrected chi connectivity index (χ3v) is 2.76. The molecule has 1 rings (SSSR count). The van der Waals surface area contributed by atoms with Crippen LogP contribution < -0.4 is 11.1 Å². The smallest absolute Gasteiger partial charge is 0.242 e. The number of nitrogens with zero attached hydrogens (tertiary/aromatic N) is 1. The first kappa shape index (κ1) is 17.2. The van der Waals surface area contributed by atoms with Gasteiger partial charge in [-0.2, -0.15) is 0 Å². The Kier molecular flexibility index (Phi) is 7.90. The lowest BCUT2D eigenvalue weighted by Gasteiger charge is -2.36. The molecule has 0 aliphatic carbocycles. The van der Waals surface area contributed by atoms with Crippen LogP contribution in [0.5, 0.6) is 0 Å². The molecule has 1 heterocycles. The molecule has 0 saturated carbocycles. The number of carbonyl (C=O) groups excluding carboxylic acids is 2. The van der Waals surface area contributed by atoms with Gasteiger partial charge in [0, 0.05) is 13.1 Å². The first-order valence-electron chi connectivity index (χ1n) is 5.96. The van der Waals surface area contributed by atoms with Gasteiger partial charge in [-0.3, -0.25) is 9.59 Å². The lowest BCUT2D eigenvalue weighted by Crippen LogP contribution is -2.51. The van der Waals surface area contributed by atoms with Gasteiger partial charge in [-0.15, -0.1) is 12.4 Å². The van der Waals surface area contributed by atoms with Crippen molar-refractivity contribution in [3.05, 3.63) is 0 Å². The molecular formula is C11H22ClN3O3. The first-order valence-corrected chi connectivity index (χ1v) is 5.96. The molecule has 1 fully saturated rings. The van der Waals surface area contributed by atoms with E-state index in [-0.39, 0.29) is 49.5 Å². The van der Waals surface area contributed by atoms with Crippen LogP contribution in [0.2, 0.25) is 0 Å². The number of halogens is 1. The van der Waals surface area contributed by atoms with Crippen molar-refractivity contribution in [1.82, 2.24) is 10.2 Å². The largest absolute Gasteiger partial charge is 0.372 e. The number of hydrogen-bond donors (Lipinski definition) is 2. The van der Waals surface area contributed by atoms with Gasteiger partial charge in [-0.05, 0) is 13.3 Å². The summed E-state index contributed by atoms with van der Waals surface area (Å²) in [4.78, 5) is 24.5. The molecule has 1 saturated heterocycles. The summed E-state index contributed by atoms with van der Waals surface area (Å²) in [5.74, 6) is -0.396. The highest BCUT2D eigenvalue weighted by Crippen LogP contribution is 2.13. The first-order chi connectivity index (χ1) is 8.06. The van der Waals surface area contributed by atoms with E-state index in [4.69, 9.17) is 10.5 Å². The van der Waals surface area contributed by atoms with Crippen LogP contribution in [0.25, 0.3) is 0 Å². The number of ether oxygens (including phenoxy) is 1. The zero-order valence-electron chi connectivity index (χ0n) is 10.8. The Morgan fingerprint density at radius 2 is 2.11 bits per heavy atom. The van der Waals surface area contributed by atoms with Gasteiger partial charge < -0.3 is 20.7 Å². The molecule has 0 aromatic carbocycles. The molecule has 0 bridgehead atoms. The monoisotopic (exact) mass is 279 g/mol. The normalized spacial score (nSPS) is 23.2. The standard InChI is InChI=1S/C11H21N3O3.ClH/c1-3-9-7-14(6-8(2)17-9)11(16)5-13-10(15)4-12;/h8-9H,3-7,12H2,1-2H3,(H,13,15);1H. The minimum atomic E-state index is -0.313. The number of nitrogens with two attached hydrogens (primary N) is 1. The maximum Gasteiger partial charge on any atom is 0.242 e. The second-order valence-corrected chi connectivity index (χ2v) is 4.26. The van der Waals surface area contributed by atoms with Crippen molar-refractivity contribution >= 4 is 24.2 Å². The fraction of sp³-hybridized carbons (Fsp3) is 0.818. The summed E-state index contributed by atoms with van der Waals surface area (Å²) in [6, 6.07) is 0. The quantitative estimate of drug-likeness (QED) is 0.727. The molecule has 7 heteroatoms. The molecule has 18 heavy (non-hydrogen) atoms. The second kappa shape index (κ2) is 8.29. The van der Waals surface area contributed by atoms with E-state index in [1.165, 1.54) is 0 Å². The predicted octanol–water partition coefficient (Wildman–Crippen LogP) is -0.491. The highest BCUT2D eigenvalue weighted by atomic mass is 35.5. The fourth-order valence-corrected chi connectivity index (χ4v) is 1.83. The van der Waals surface area contributed by atoms with E-state index in [1.807, 2.05) is 13.8 Å². The van der Waals surface area contributed by atoms with Crippen molar-refractivity contribution < 1.29 is 14.3 Å². The number of amides is 2. The van der Waals surface area contributed by atoms with Crippen LogP contribution in [-0.4, -0.2) is 55.1 Å². The second-order valence-electron chi connectivity index (χ2n) is 4.26. The number of hydrogen-bond acceptors (Lipinski definition) is 4. The van der Waals surface area contributed by atoms with Gasteiger partial charge in [0.25, 0.3) is 0 Å². The summed E-state index contributed by atoms with van der Waals surface area (Å²) in [6.07, 6.45) is 1.01. The summed E-state index contributed by atoms with van der Waals surface area (Å²) in [5, 5.41) is 2.48. The van der Waals surface area contributed by atoms with E-state index >= 15 is 0 Å². The van der Waals surface area contributed by atoms with Gasteiger partial charge in [0.1, 0.15) is 0 Å². The third kappa shape index (κ3) is 5.20. The minimum absolute atomic E-state index is 0. The Morgan fingerprint density at radius 1 is 1.44 bits per heavy atom. The summed E-state index contributed by atoms with van der Waals surface area (Å²) >= 11 is 0. The molecule has 1 aliphatic rings. The topological polar surface area (TPSA) is 84.7 Å². The summed E-state index contributed by atoms with van der Waals surface area (Å²) in [5.41, 5.74) is 5.15. The third-order valence-electron chi connectivity index (χ3n) is 2.76. The maximum absolute atomic E-state index is 11.8. The van der Waals surface area contributed by atoms with Crippen molar-refractivity contribution in [3.8, 4) is 0 Å². The van der Waals surface area contributed by atoms with Crippen LogP contribution in [0.15, 0.2) is 0 Å². The van der Waals surface area contributed by atoms with Crippen LogP contribution in [-0.2, 0) is 14.3 Å². The number of rotatable bonds is 4. The SMILES string of the molecule is CCC1CN(C(=O)CNC(=O)CN)CC(C)O1.Cl. The average Bonchev–Trinajstić information content (AvgIpc) is 2.34. The van der Waals surface area contributed by atoms with Crippen molar-refractivity contribution in [3.63, 3.8) is 0 Å². The number of morpholine rings is 1. The number of carbonyl (C=O) groups is 2. The van der Waals surface area contributed by atoms with Crippen molar-refractivity contribution in [1.29, 1.82) is 0 Å². The molecule has 0 radical (unpaired) electrons. The van der Waals surface area contributed by atoms with Crippen molar-refractivity contribution in [2.24, 2.45) is 5.73 Å². The van der Waals surface area contributed by atoms with E-state index in [9.17, 15) is 9.59 Å². The van der Waals surface area contributed by atoms with Crippen LogP contribution in [0.1, 0.15) is 20.3 Å². The fourth-order valence-electron chi connectivity index (χ4n) is 1.83. The molecule has 0 aromatic heterocycles. The van der Waals surface area contributed by atoms with E-state index < -0.39 is 0 Å². The van der Waals surface area contributed by atoms with Crippen LogP contribution >= 0.6 is 12.4 Å². The van der Waals surface area contributed by atoms with Crippen molar-refractivity contribution in [2.75, 3.05) is 26.2 Å². The highest BCUT2D eigenvalue weighted by molar-refractivity contribution is 5.85. The van der Waals surface area contributed by atoms with E-state index in [0.29, 0.717) is 13.1 Å². The molecule has 2 unspecified atom stereocenters. The molecule has 2 atom stereocenters. The van der Waals surface area contributed by atoms with Gasteiger partial charge in [-0.1, -0.05) is 6.92 Å². The van der Waals surface area contributed by atoms with Crippen LogP contribution in [0, 0.1) is 0 Å². The van der Waals surface area contributed by atoms with Crippen molar-refractivity contribution in [2.45, 2.75) is 32.5 Å².